The summed E-state index contributed by atoms with van der Waals surface area (Å²) in [5.41, 5.74) is 0. The molecule has 0 aromatic carbocycles. The molecule has 1 saturated heterocycles. The Labute approximate surface area is 112 Å². The molecule has 1 aliphatic rings. The van der Waals surface area contributed by atoms with Crippen LogP contribution in [0, 0.1) is 5.92 Å². The molecule has 102 valence electrons. The molecule has 0 bridgehead atoms. The number of rotatable bonds is 3. The lowest BCUT2D eigenvalue weighted by Crippen LogP contribution is -2.52. The second-order valence-electron chi connectivity index (χ2n) is 4.55. The number of hydrogen-bond acceptors (Lipinski definition) is 4. The number of amides is 2. The highest BCUT2D eigenvalue weighted by Gasteiger charge is 2.19. The summed E-state index contributed by atoms with van der Waals surface area (Å²) in [5.74, 6) is 0.292. The smallest absolute Gasteiger partial charge is 0.413 e. The third kappa shape index (κ3) is 4.87. The molecule has 18 heavy (non-hydrogen) atoms. The maximum atomic E-state index is 11.4. The number of ether oxygens (including phenoxy) is 1. The van der Waals surface area contributed by atoms with Crippen LogP contribution in [0.1, 0.15) is 13.8 Å². The Kier molecular flexibility index (Phi) is 5.84. The highest BCUT2D eigenvalue weighted by Crippen LogP contribution is 2.00. The third-order valence-electron chi connectivity index (χ3n) is 2.51. The van der Waals surface area contributed by atoms with Crippen LogP contribution in [0.5, 0.6) is 0 Å². The molecule has 7 heteroatoms. The van der Waals surface area contributed by atoms with Crippen molar-refractivity contribution in [2.45, 2.75) is 13.8 Å². The normalized spacial score (nSPS) is 15.5. The van der Waals surface area contributed by atoms with Gasteiger partial charge in [-0.25, -0.2) is 4.79 Å². The van der Waals surface area contributed by atoms with Crippen LogP contribution in [0.25, 0.3) is 0 Å². The predicted octanol–water partition coefficient (Wildman–Crippen LogP) is 0.428. The fourth-order valence-electron chi connectivity index (χ4n) is 1.48. The van der Waals surface area contributed by atoms with E-state index in [1.807, 2.05) is 18.7 Å². The van der Waals surface area contributed by atoms with Gasteiger partial charge in [0.15, 0.2) is 5.11 Å². The second kappa shape index (κ2) is 7.15. The van der Waals surface area contributed by atoms with Crippen molar-refractivity contribution in [3.63, 3.8) is 0 Å². The van der Waals surface area contributed by atoms with E-state index in [-0.39, 0.29) is 0 Å². The zero-order valence-electron chi connectivity index (χ0n) is 10.7. The van der Waals surface area contributed by atoms with Gasteiger partial charge in [0.05, 0.1) is 6.61 Å². The summed E-state index contributed by atoms with van der Waals surface area (Å²) in [6, 6.07) is 0. The Bertz CT molecular complexity index is 315. The lowest BCUT2D eigenvalue weighted by Gasteiger charge is -2.33. The van der Waals surface area contributed by atoms with Gasteiger partial charge in [0.2, 0.25) is 6.41 Å². The maximum absolute atomic E-state index is 11.4. The molecule has 0 aromatic heterocycles. The van der Waals surface area contributed by atoms with E-state index in [4.69, 9.17) is 17.0 Å². The average molecular weight is 273 g/mol. The zero-order valence-corrected chi connectivity index (χ0v) is 11.5. The first-order valence-electron chi connectivity index (χ1n) is 5.95. The third-order valence-corrected chi connectivity index (χ3v) is 2.87. The predicted molar refractivity (Wildman–Crippen MR) is 71.1 cm³/mol. The van der Waals surface area contributed by atoms with Crippen molar-refractivity contribution in [1.29, 1.82) is 0 Å². The molecule has 1 fully saturated rings. The number of alkyl carbamates (subject to hydrolysis) is 1. The van der Waals surface area contributed by atoms with E-state index >= 15 is 0 Å². The monoisotopic (exact) mass is 273 g/mol. The van der Waals surface area contributed by atoms with Crippen LogP contribution in [0.3, 0.4) is 0 Å². The van der Waals surface area contributed by atoms with Gasteiger partial charge in [0.1, 0.15) is 0 Å². The van der Waals surface area contributed by atoms with E-state index in [1.165, 1.54) is 0 Å². The van der Waals surface area contributed by atoms with E-state index in [2.05, 4.69) is 5.32 Å². The minimum atomic E-state index is -0.522. The van der Waals surface area contributed by atoms with E-state index in [0.29, 0.717) is 43.8 Å². The van der Waals surface area contributed by atoms with Crippen LogP contribution in [0.15, 0.2) is 0 Å². The summed E-state index contributed by atoms with van der Waals surface area (Å²) in [5, 5.41) is 2.88. The van der Waals surface area contributed by atoms with Crippen molar-refractivity contribution in [3.05, 3.63) is 0 Å². The van der Waals surface area contributed by atoms with Crippen molar-refractivity contribution in [3.8, 4) is 0 Å². The first kappa shape index (κ1) is 14.7. The number of carbonyl (C=O) groups excluding carboxylic acids is 2. The van der Waals surface area contributed by atoms with Crippen molar-refractivity contribution >= 4 is 29.8 Å². The summed E-state index contributed by atoms with van der Waals surface area (Å²) in [6.45, 7) is 6.78. The van der Waals surface area contributed by atoms with Crippen molar-refractivity contribution in [1.82, 2.24) is 15.1 Å². The molecular weight excluding hydrogens is 254 g/mol. The molecule has 0 unspecified atom stereocenters. The summed E-state index contributed by atoms with van der Waals surface area (Å²) in [7, 11) is 0. The number of thiocarbonyl (C=S) groups is 1. The van der Waals surface area contributed by atoms with Crippen molar-refractivity contribution in [2.75, 3.05) is 32.8 Å². The Morgan fingerprint density at radius 1 is 1.39 bits per heavy atom. The molecule has 0 aromatic rings. The molecule has 2 amide bonds. The first-order chi connectivity index (χ1) is 8.52. The Balaban J connectivity index is 2.28. The summed E-state index contributed by atoms with van der Waals surface area (Å²) < 4.78 is 4.98. The van der Waals surface area contributed by atoms with Gasteiger partial charge < -0.3 is 14.5 Å². The SMILES string of the molecule is CC(C)COC(=O)NC(=S)N1CCN(C=O)CC1. The van der Waals surface area contributed by atoms with Crippen molar-refractivity contribution in [2.24, 2.45) is 5.92 Å². The van der Waals surface area contributed by atoms with E-state index in [1.54, 1.807) is 4.90 Å². The van der Waals surface area contributed by atoms with Gasteiger partial charge in [0.25, 0.3) is 0 Å². The molecule has 1 N–H and O–H groups in total. The Morgan fingerprint density at radius 3 is 2.50 bits per heavy atom. The van der Waals surface area contributed by atoms with Gasteiger partial charge in [-0.2, -0.15) is 0 Å². The van der Waals surface area contributed by atoms with E-state index in [0.717, 1.165) is 6.41 Å². The van der Waals surface area contributed by atoms with Gasteiger partial charge in [-0.1, -0.05) is 13.8 Å². The largest absolute Gasteiger partial charge is 0.449 e. The van der Waals surface area contributed by atoms with Crippen LogP contribution < -0.4 is 5.32 Å². The molecule has 0 radical (unpaired) electrons. The summed E-state index contributed by atoms with van der Waals surface area (Å²) in [6.07, 6.45) is 0.302. The fraction of sp³-hybridized carbons (Fsp3) is 0.727. The maximum Gasteiger partial charge on any atom is 0.413 e. The minimum Gasteiger partial charge on any atom is -0.449 e. The van der Waals surface area contributed by atoms with Crippen LogP contribution in [0.2, 0.25) is 0 Å². The molecule has 1 rings (SSSR count). The first-order valence-corrected chi connectivity index (χ1v) is 6.35. The molecule has 6 nitrogen and oxygen atoms in total. The number of nitrogens with zero attached hydrogens (tertiary/aromatic N) is 2. The molecule has 0 atom stereocenters. The Hall–Kier alpha value is -1.37. The van der Waals surface area contributed by atoms with E-state index < -0.39 is 6.09 Å². The number of nitrogens with one attached hydrogen (secondary N) is 1. The van der Waals surface area contributed by atoms with Crippen LogP contribution in [0.4, 0.5) is 4.79 Å². The Morgan fingerprint density at radius 2 is 2.00 bits per heavy atom. The second-order valence-corrected chi connectivity index (χ2v) is 4.94. The standard InChI is InChI=1S/C11H19N3O3S/c1-9(2)7-17-11(16)12-10(18)14-5-3-13(8-15)4-6-14/h8-9H,3-7H2,1-2H3,(H,12,16,18). The summed E-state index contributed by atoms with van der Waals surface area (Å²) in [4.78, 5) is 25.5. The van der Waals surface area contributed by atoms with Crippen LogP contribution in [-0.2, 0) is 9.53 Å². The lowest BCUT2D eigenvalue weighted by atomic mass is 10.2. The zero-order chi connectivity index (χ0) is 13.5. The fourth-order valence-corrected chi connectivity index (χ4v) is 1.74. The van der Waals surface area contributed by atoms with Crippen LogP contribution in [-0.4, -0.2) is 60.2 Å². The molecular formula is C11H19N3O3S. The van der Waals surface area contributed by atoms with Gasteiger partial charge in [0, 0.05) is 26.2 Å². The van der Waals surface area contributed by atoms with Gasteiger partial charge in [-0.05, 0) is 18.1 Å². The van der Waals surface area contributed by atoms with Crippen LogP contribution >= 0.6 is 12.2 Å². The molecule has 0 saturated carbocycles. The number of carbonyl (C=O) groups is 2. The van der Waals surface area contributed by atoms with Gasteiger partial charge in [-0.15, -0.1) is 0 Å². The minimum absolute atomic E-state index is 0.292. The lowest BCUT2D eigenvalue weighted by molar-refractivity contribution is -0.119. The molecule has 0 aliphatic carbocycles. The van der Waals surface area contributed by atoms with Gasteiger partial charge in [-0.3, -0.25) is 10.1 Å². The highest BCUT2D eigenvalue weighted by molar-refractivity contribution is 7.80. The molecule has 0 spiro atoms. The summed E-state index contributed by atoms with van der Waals surface area (Å²) >= 11 is 5.11. The molecule has 1 aliphatic heterocycles. The highest BCUT2D eigenvalue weighted by atomic mass is 32.1. The average Bonchev–Trinajstić information content (AvgIpc) is 2.36. The number of piperazine rings is 1. The quantitative estimate of drug-likeness (QED) is 0.597. The topological polar surface area (TPSA) is 61.9 Å². The van der Waals surface area contributed by atoms with E-state index in [9.17, 15) is 9.59 Å². The van der Waals surface area contributed by atoms with Crippen molar-refractivity contribution < 1.29 is 14.3 Å². The number of hydrogen-bond donors (Lipinski definition) is 1. The molecule has 1 heterocycles. The van der Waals surface area contributed by atoms with Gasteiger partial charge >= 0.3 is 6.09 Å².